The molecule has 0 fully saturated rings. The van der Waals surface area contributed by atoms with Crippen LogP contribution in [0.15, 0.2) is 83.9 Å². The number of nitrogens with one attached hydrogen (secondary N) is 1. The van der Waals surface area contributed by atoms with Gasteiger partial charge in [0.05, 0.1) is 11.3 Å². The minimum absolute atomic E-state index is 0.308. The van der Waals surface area contributed by atoms with Crippen molar-refractivity contribution in [3.8, 4) is 5.75 Å². The van der Waals surface area contributed by atoms with Gasteiger partial charge in [-0.2, -0.15) is 13.2 Å². The summed E-state index contributed by atoms with van der Waals surface area (Å²) in [6.07, 6.45) is -4.42. The Balaban J connectivity index is 1.76. The Morgan fingerprint density at radius 1 is 0.886 bits per heavy atom. The molecule has 3 aromatic rings. The normalized spacial score (nSPS) is 12.5. The zero-order valence-corrected chi connectivity index (χ0v) is 20.5. The largest absolute Gasteiger partial charge is 0.492 e. The predicted octanol–water partition coefficient (Wildman–Crippen LogP) is 7.39. The lowest BCUT2D eigenvalue weighted by molar-refractivity contribution is -0.137. The second-order valence-corrected chi connectivity index (χ2v) is 8.80. The van der Waals surface area contributed by atoms with Crippen LogP contribution in [0, 0.1) is 0 Å². The number of ether oxygens (including phenoxy) is 1. The molecule has 0 amide bonds. The predicted molar refractivity (Wildman–Crippen MR) is 137 cm³/mol. The highest BCUT2D eigenvalue weighted by atomic mass is 19.4. The van der Waals surface area contributed by atoms with Crippen LogP contribution in [0.5, 0.6) is 5.75 Å². The molecule has 35 heavy (non-hydrogen) atoms. The lowest BCUT2D eigenvalue weighted by atomic mass is 10.1. The summed E-state index contributed by atoms with van der Waals surface area (Å²) in [7, 11) is 0. The summed E-state index contributed by atoms with van der Waals surface area (Å²) in [6, 6.07) is 22.6. The van der Waals surface area contributed by atoms with E-state index in [0.29, 0.717) is 35.9 Å². The van der Waals surface area contributed by atoms with E-state index in [0.717, 1.165) is 30.0 Å². The van der Waals surface area contributed by atoms with Crippen molar-refractivity contribution in [3.05, 3.63) is 90.0 Å². The summed E-state index contributed by atoms with van der Waals surface area (Å²) >= 11 is 0. The zero-order chi connectivity index (χ0) is 25.4. The molecule has 7 heteroatoms. The van der Waals surface area contributed by atoms with Gasteiger partial charge < -0.3 is 10.1 Å². The molecule has 0 atom stereocenters. The van der Waals surface area contributed by atoms with E-state index in [1.165, 1.54) is 6.07 Å². The van der Waals surface area contributed by atoms with Crippen molar-refractivity contribution < 1.29 is 17.9 Å². The first-order valence-electron chi connectivity index (χ1n) is 11.7. The monoisotopic (exact) mass is 483 g/mol. The fraction of sp³-hybridized carbons (Fsp3) is 0.321. The summed E-state index contributed by atoms with van der Waals surface area (Å²) in [6.45, 7) is 10.1. The molecule has 4 nitrogen and oxygen atoms in total. The van der Waals surface area contributed by atoms with Crippen molar-refractivity contribution >= 4 is 17.2 Å². The molecule has 0 saturated carbocycles. The van der Waals surface area contributed by atoms with Gasteiger partial charge in [-0.1, -0.05) is 36.4 Å². The summed E-state index contributed by atoms with van der Waals surface area (Å²) in [5.41, 5.74) is 1.00. The maximum Gasteiger partial charge on any atom is 0.416 e. The molecule has 3 rings (SSSR count). The van der Waals surface area contributed by atoms with Crippen LogP contribution in [0.25, 0.3) is 0 Å². The lowest BCUT2D eigenvalue weighted by Gasteiger charge is -2.30. The number of amidine groups is 1. The molecule has 186 valence electrons. The maximum atomic E-state index is 13.2. The van der Waals surface area contributed by atoms with E-state index in [4.69, 9.17) is 4.74 Å². The van der Waals surface area contributed by atoms with Gasteiger partial charge in [-0.15, -0.1) is 0 Å². The molecule has 0 aliphatic carbocycles. The van der Waals surface area contributed by atoms with Crippen molar-refractivity contribution in [3.63, 3.8) is 0 Å². The van der Waals surface area contributed by atoms with Gasteiger partial charge in [0.15, 0.2) is 0 Å². The van der Waals surface area contributed by atoms with E-state index in [-0.39, 0.29) is 0 Å². The van der Waals surface area contributed by atoms with Crippen LogP contribution >= 0.6 is 0 Å². The molecule has 3 aromatic carbocycles. The van der Waals surface area contributed by atoms with Crippen LogP contribution in [0.3, 0.4) is 0 Å². The Hall–Kier alpha value is -3.32. The van der Waals surface area contributed by atoms with Crippen molar-refractivity contribution in [2.24, 2.45) is 4.99 Å². The van der Waals surface area contributed by atoms with Crippen molar-refractivity contribution in [2.45, 2.75) is 46.0 Å². The first kappa shape index (κ1) is 26.3. The van der Waals surface area contributed by atoms with Gasteiger partial charge in [0.25, 0.3) is 0 Å². The Bertz CT molecular complexity index is 1090. The summed E-state index contributed by atoms with van der Waals surface area (Å²) in [4.78, 5) is 7.04. The van der Waals surface area contributed by atoms with Gasteiger partial charge >= 0.3 is 6.18 Å². The van der Waals surface area contributed by atoms with Crippen LogP contribution in [-0.4, -0.2) is 36.0 Å². The van der Waals surface area contributed by atoms with Crippen LogP contribution in [0.2, 0.25) is 0 Å². The van der Waals surface area contributed by atoms with Gasteiger partial charge in [0.1, 0.15) is 18.2 Å². The maximum absolute atomic E-state index is 13.2. The van der Waals surface area contributed by atoms with Gasteiger partial charge in [0.2, 0.25) is 0 Å². The van der Waals surface area contributed by atoms with Crippen LogP contribution in [0.4, 0.5) is 24.5 Å². The number of nitrogens with zero attached hydrogens (tertiary/aromatic N) is 2. The highest BCUT2D eigenvalue weighted by Crippen LogP contribution is 2.31. The first-order chi connectivity index (χ1) is 16.6. The number of rotatable bonds is 9. The topological polar surface area (TPSA) is 36.9 Å². The van der Waals surface area contributed by atoms with Crippen LogP contribution < -0.4 is 10.1 Å². The molecule has 0 spiro atoms. The summed E-state index contributed by atoms with van der Waals surface area (Å²) in [5, 5.41) is 3.05. The third-order valence-corrected chi connectivity index (χ3v) is 5.52. The summed E-state index contributed by atoms with van der Waals surface area (Å²) < 4.78 is 45.4. The van der Waals surface area contributed by atoms with E-state index >= 15 is 0 Å². The smallest absolute Gasteiger partial charge is 0.416 e. The average molecular weight is 484 g/mol. The van der Waals surface area contributed by atoms with Crippen molar-refractivity contribution in [1.82, 2.24) is 4.90 Å². The second-order valence-electron chi connectivity index (χ2n) is 8.80. The zero-order valence-electron chi connectivity index (χ0n) is 20.5. The Labute approximate surface area is 205 Å². The summed E-state index contributed by atoms with van der Waals surface area (Å²) in [5.74, 6) is 1.19. The van der Waals surface area contributed by atoms with Gasteiger partial charge in [-0.25, -0.2) is 4.99 Å². The molecular weight excluding hydrogens is 451 g/mol. The quantitative estimate of drug-likeness (QED) is 0.255. The Kier molecular flexibility index (Phi) is 8.93. The van der Waals surface area contributed by atoms with Gasteiger partial charge in [-0.3, -0.25) is 4.90 Å². The SMILES string of the molecule is CC(C)N(CCOc1ccc(N=C(Nc2cccc(C(F)(F)F)c2)c2ccccc2)cc1)C(C)C. The van der Waals surface area contributed by atoms with E-state index < -0.39 is 11.7 Å². The molecule has 0 radical (unpaired) electrons. The fourth-order valence-corrected chi connectivity index (χ4v) is 3.80. The second kappa shape index (κ2) is 11.9. The molecule has 0 aliphatic heterocycles. The van der Waals surface area contributed by atoms with Gasteiger partial charge in [-0.05, 0) is 70.2 Å². The van der Waals surface area contributed by atoms with Crippen LogP contribution in [-0.2, 0) is 6.18 Å². The number of hydrogen-bond donors (Lipinski definition) is 1. The molecular formula is C28H32F3N3O. The number of halogens is 3. The molecule has 0 aromatic heterocycles. The molecule has 0 bridgehead atoms. The number of benzene rings is 3. The Morgan fingerprint density at radius 2 is 1.54 bits per heavy atom. The first-order valence-corrected chi connectivity index (χ1v) is 11.7. The molecule has 0 aliphatic rings. The van der Waals surface area contributed by atoms with E-state index in [1.54, 1.807) is 6.07 Å². The number of aliphatic imine (C=N–C) groups is 1. The van der Waals surface area contributed by atoms with Crippen LogP contribution in [0.1, 0.15) is 38.8 Å². The lowest BCUT2D eigenvalue weighted by Crippen LogP contribution is -2.39. The molecule has 0 heterocycles. The number of anilines is 1. The van der Waals surface area contributed by atoms with Crippen molar-refractivity contribution in [2.75, 3.05) is 18.5 Å². The van der Waals surface area contributed by atoms with E-state index in [9.17, 15) is 13.2 Å². The standard InChI is InChI=1S/C28H32F3N3O/c1-20(2)34(21(3)4)17-18-35-26-15-13-24(14-16-26)32-27(22-9-6-5-7-10-22)33-25-12-8-11-23(19-25)28(29,30)31/h5-16,19-21H,17-18H2,1-4H3,(H,32,33). The van der Waals surface area contributed by atoms with Gasteiger partial charge in [0, 0.05) is 29.9 Å². The molecule has 0 saturated heterocycles. The highest BCUT2D eigenvalue weighted by molar-refractivity contribution is 6.09. The average Bonchev–Trinajstić information content (AvgIpc) is 2.82. The molecule has 1 N–H and O–H groups in total. The third kappa shape index (κ3) is 7.86. The number of hydrogen-bond acceptors (Lipinski definition) is 3. The van der Waals surface area contributed by atoms with E-state index in [1.807, 2.05) is 54.6 Å². The fourth-order valence-electron chi connectivity index (χ4n) is 3.80. The molecule has 0 unspecified atom stereocenters. The Morgan fingerprint density at radius 3 is 2.14 bits per heavy atom. The highest BCUT2D eigenvalue weighted by Gasteiger charge is 2.30. The number of alkyl halides is 3. The third-order valence-electron chi connectivity index (χ3n) is 5.52. The minimum Gasteiger partial charge on any atom is -0.492 e. The van der Waals surface area contributed by atoms with E-state index in [2.05, 4.69) is 42.9 Å². The van der Waals surface area contributed by atoms with Crippen molar-refractivity contribution in [1.29, 1.82) is 0 Å². The minimum atomic E-state index is -4.42.